The predicted octanol–water partition coefficient (Wildman–Crippen LogP) is -3.68. The summed E-state index contributed by atoms with van der Waals surface area (Å²) in [6.45, 7) is 0. The van der Waals surface area contributed by atoms with E-state index in [0.717, 1.165) is 0 Å². The molecule has 8 nitrogen and oxygen atoms in total. The maximum Gasteiger partial charge on any atom is 0.394 e. The van der Waals surface area contributed by atoms with Crippen molar-refractivity contribution in [2.24, 2.45) is 11.7 Å². The summed E-state index contributed by atoms with van der Waals surface area (Å²) in [7, 11) is -4.67. The maximum absolute atomic E-state index is 8.74. The van der Waals surface area contributed by atoms with E-state index in [4.69, 9.17) is 17.5 Å². The van der Waals surface area contributed by atoms with Crippen molar-refractivity contribution in [1.82, 2.24) is 6.15 Å². The molecule has 0 aliphatic heterocycles. The second-order valence-corrected chi connectivity index (χ2v) is 1.34. The van der Waals surface area contributed by atoms with Gasteiger partial charge in [0.25, 0.3) is 0 Å². The fourth-order valence-corrected chi connectivity index (χ4v) is 0. The minimum atomic E-state index is -4.67. The van der Waals surface area contributed by atoms with Crippen LogP contribution in [0.1, 0.15) is 0 Å². The Hall–Kier alpha value is 0.242. The second kappa shape index (κ2) is 16.1. The molecule has 0 saturated heterocycles. The lowest BCUT2D eigenvalue weighted by Crippen LogP contribution is -2.02. The molecule has 0 atom stereocenters. The summed E-state index contributed by atoms with van der Waals surface area (Å²) in [5, 5.41) is 0. The van der Waals surface area contributed by atoms with Gasteiger partial charge in [0, 0.05) is 0 Å². The highest BCUT2D eigenvalue weighted by Crippen LogP contribution is 1.59. The molecule has 0 unspecified atom stereocenters. The third-order valence-electron chi connectivity index (χ3n) is 0. The third-order valence-corrected chi connectivity index (χ3v) is 0. The van der Waals surface area contributed by atoms with E-state index in [9.17, 15) is 0 Å². The standard InChI is InChI=1S/Al.H4N2.H3N.H2O4S.H2O.3H/c;1-2;;1-5(2,3)4;;;;/h;1-2H2;1H3;(H2,1,2,3,4);1H2;;;. The first-order valence-electron chi connectivity index (χ1n) is 1.03. The van der Waals surface area contributed by atoms with Crippen molar-refractivity contribution in [2.45, 2.75) is 0 Å². The summed E-state index contributed by atoms with van der Waals surface area (Å²) >= 11 is 0. The van der Waals surface area contributed by atoms with Crippen LogP contribution < -0.4 is 17.8 Å². The molecule has 68 valence electrons. The Labute approximate surface area is 69.2 Å². The van der Waals surface area contributed by atoms with Gasteiger partial charge in [-0.1, -0.05) is 0 Å². The molecule has 0 rings (SSSR count). The van der Waals surface area contributed by atoms with E-state index in [1.165, 1.54) is 0 Å². The summed E-state index contributed by atoms with van der Waals surface area (Å²) in [5.74, 6) is 8.00. The van der Waals surface area contributed by atoms with Crippen molar-refractivity contribution in [2.75, 3.05) is 0 Å². The van der Waals surface area contributed by atoms with Crippen LogP contribution in [0.3, 0.4) is 0 Å². The maximum atomic E-state index is 8.74. The van der Waals surface area contributed by atoms with Gasteiger partial charge in [-0.2, -0.15) is 8.42 Å². The Bertz CT molecular complexity index is 100. The highest BCUT2D eigenvalue weighted by molar-refractivity contribution is 7.79. The highest BCUT2D eigenvalue weighted by atomic mass is 32.3. The van der Waals surface area contributed by atoms with Crippen LogP contribution in [0.4, 0.5) is 0 Å². The molecule has 0 aromatic heterocycles. The zero-order chi connectivity index (χ0) is 6.50. The molecule has 0 aromatic rings. The van der Waals surface area contributed by atoms with Crippen molar-refractivity contribution >= 4 is 27.8 Å². The molecule has 0 aliphatic rings. The van der Waals surface area contributed by atoms with Gasteiger partial charge >= 0.3 is 10.4 Å². The zero-order valence-electron chi connectivity index (χ0n) is 4.48. The van der Waals surface area contributed by atoms with E-state index in [-0.39, 0.29) is 29.0 Å². The van der Waals surface area contributed by atoms with Gasteiger partial charge in [-0.05, 0) is 0 Å². The van der Waals surface area contributed by atoms with Gasteiger partial charge in [0.15, 0.2) is 17.4 Å². The van der Waals surface area contributed by atoms with Crippen LogP contribution in [0.25, 0.3) is 0 Å². The fraction of sp³-hybridized carbons (Fsp3) is 0. The summed E-state index contributed by atoms with van der Waals surface area (Å²) in [4.78, 5) is 0. The molecule has 0 radical (unpaired) electrons. The first-order chi connectivity index (χ1) is 3.00. The van der Waals surface area contributed by atoms with Gasteiger partial charge in [0.2, 0.25) is 0 Å². The molecule has 0 heterocycles. The average molecular weight is 195 g/mol. The first-order valence-corrected chi connectivity index (χ1v) is 2.43. The number of hydrazine groups is 1. The minimum Gasteiger partial charge on any atom is -0.412 e. The van der Waals surface area contributed by atoms with Crippen LogP contribution in [0.5, 0.6) is 0 Å². The number of hydrogen-bond acceptors (Lipinski definition) is 5. The van der Waals surface area contributed by atoms with Gasteiger partial charge < -0.3 is 11.6 Å². The molecular formula is H14AlN3O5S. The molecule has 0 saturated carbocycles. The topological polar surface area (TPSA) is 193 Å². The number of rotatable bonds is 0. The first kappa shape index (κ1) is 31.8. The normalized spacial score (nSPS) is 6.40. The van der Waals surface area contributed by atoms with Crippen LogP contribution in [0, 0.1) is 0 Å². The molecule has 11 N–H and O–H groups in total. The van der Waals surface area contributed by atoms with Gasteiger partial charge in [0.1, 0.15) is 0 Å². The second-order valence-electron chi connectivity index (χ2n) is 0.448. The summed E-state index contributed by atoms with van der Waals surface area (Å²) in [6.07, 6.45) is 0. The van der Waals surface area contributed by atoms with Gasteiger partial charge in [-0.15, -0.1) is 0 Å². The molecule has 0 amide bonds. The Morgan fingerprint density at radius 1 is 1.10 bits per heavy atom. The fourth-order valence-electron chi connectivity index (χ4n) is 0. The number of nitrogens with two attached hydrogens (primary N) is 2. The predicted molar refractivity (Wildman–Crippen MR) is 41.1 cm³/mol. The molecule has 10 heavy (non-hydrogen) atoms. The molecule has 0 fully saturated rings. The lowest BCUT2D eigenvalue weighted by atomic mass is 13.0. The van der Waals surface area contributed by atoms with Crippen molar-refractivity contribution in [3.63, 3.8) is 0 Å². The van der Waals surface area contributed by atoms with E-state index >= 15 is 0 Å². The SMILES string of the molecule is N.NN.O.O=S(=O)(O)O.[AlH3]. The molecule has 0 bridgehead atoms. The molecule has 10 heteroatoms. The van der Waals surface area contributed by atoms with E-state index < -0.39 is 10.4 Å². The molecule has 0 aromatic carbocycles. The van der Waals surface area contributed by atoms with E-state index in [1.807, 2.05) is 0 Å². The monoisotopic (exact) mass is 195 g/mol. The Balaban J connectivity index is -0.0000000154. The average Bonchev–Trinajstić information content (AvgIpc) is 1.36. The van der Waals surface area contributed by atoms with Crippen molar-refractivity contribution in [1.29, 1.82) is 0 Å². The van der Waals surface area contributed by atoms with Gasteiger partial charge in [-0.3, -0.25) is 20.8 Å². The lowest BCUT2D eigenvalue weighted by Gasteiger charge is -1.68. The van der Waals surface area contributed by atoms with Crippen molar-refractivity contribution in [3.8, 4) is 0 Å². The van der Waals surface area contributed by atoms with E-state index in [2.05, 4.69) is 11.7 Å². The molecular weight excluding hydrogens is 181 g/mol. The summed E-state index contributed by atoms with van der Waals surface area (Å²) < 4.78 is 31.6. The Kier molecular flexibility index (Phi) is 51.3. The van der Waals surface area contributed by atoms with Crippen molar-refractivity contribution < 1.29 is 23.0 Å². The zero-order valence-corrected chi connectivity index (χ0v) is 5.30. The quantitative estimate of drug-likeness (QED) is 0.113. The molecule has 0 spiro atoms. The lowest BCUT2D eigenvalue weighted by molar-refractivity contribution is 0.381. The Morgan fingerprint density at radius 3 is 1.10 bits per heavy atom. The van der Waals surface area contributed by atoms with Crippen LogP contribution in [-0.4, -0.2) is 40.4 Å². The van der Waals surface area contributed by atoms with E-state index in [0.29, 0.717) is 0 Å². The summed E-state index contributed by atoms with van der Waals surface area (Å²) in [6, 6.07) is 0. The van der Waals surface area contributed by atoms with Crippen LogP contribution in [0.2, 0.25) is 0 Å². The van der Waals surface area contributed by atoms with Gasteiger partial charge in [-0.25, -0.2) is 0 Å². The third kappa shape index (κ3) is 7350. The highest BCUT2D eigenvalue weighted by Gasteiger charge is 1.84. The summed E-state index contributed by atoms with van der Waals surface area (Å²) in [5.41, 5.74) is 0. The van der Waals surface area contributed by atoms with Crippen LogP contribution >= 0.6 is 0 Å². The Morgan fingerprint density at radius 2 is 1.10 bits per heavy atom. The smallest absolute Gasteiger partial charge is 0.394 e. The largest absolute Gasteiger partial charge is 0.412 e. The minimum absolute atomic E-state index is 0. The number of hydrogen-bond donors (Lipinski definition) is 5. The van der Waals surface area contributed by atoms with Crippen LogP contribution in [0.15, 0.2) is 0 Å². The van der Waals surface area contributed by atoms with E-state index in [1.54, 1.807) is 0 Å². The molecule has 0 aliphatic carbocycles. The van der Waals surface area contributed by atoms with Crippen LogP contribution in [-0.2, 0) is 10.4 Å². The van der Waals surface area contributed by atoms with Gasteiger partial charge in [0.05, 0.1) is 0 Å². The van der Waals surface area contributed by atoms with Crippen molar-refractivity contribution in [3.05, 3.63) is 0 Å².